The Bertz CT molecular complexity index is 521. The fraction of sp³-hybridized carbons (Fsp3) is 0.364. The zero-order valence-corrected chi connectivity index (χ0v) is 11.0. The number of nitrogens with zero attached hydrogens (tertiary/aromatic N) is 1. The van der Waals surface area contributed by atoms with E-state index in [1.54, 1.807) is 0 Å². The molecular formula is C11H10BrF3N2O. The second-order valence-corrected chi connectivity index (χ2v) is 5.03. The molecule has 0 fully saturated rings. The molecule has 0 unspecified atom stereocenters. The molecule has 0 aromatic heterocycles. The van der Waals surface area contributed by atoms with Gasteiger partial charge in [-0.05, 0) is 25.1 Å². The lowest BCUT2D eigenvalue weighted by molar-refractivity contribution is -0.173. The number of amidine groups is 1. The van der Waals surface area contributed by atoms with Crippen LogP contribution in [-0.2, 0) is 10.3 Å². The molecule has 0 saturated carbocycles. The molecule has 1 heterocycles. The highest BCUT2D eigenvalue weighted by molar-refractivity contribution is 9.10. The molecule has 2 N–H and O–H groups in total. The fourth-order valence-electron chi connectivity index (χ4n) is 1.76. The van der Waals surface area contributed by atoms with Crippen LogP contribution in [0.3, 0.4) is 0 Å². The number of benzene rings is 1. The van der Waals surface area contributed by atoms with Gasteiger partial charge in [-0.25, -0.2) is 9.38 Å². The molecule has 0 bridgehead atoms. The van der Waals surface area contributed by atoms with Crippen LogP contribution in [0.5, 0.6) is 0 Å². The molecule has 1 aromatic rings. The molecular weight excluding hydrogens is 313 g/mol. The van der Waals surface area contributed by atoms with Crippen molar-refractivity contribution >= 4 is 22.0 Å². The van der Waals surface area contributed by atoms with Crippen LogP contribution in [0.15, 0.2) is 27.7 Å². The first kappa shape index (κ1) is 13.2. The number of ether oxygens (including phenoxy) is 1. The molecule has 3 nitrogen and oxygen atoms in total. The van der Waals surface area contributed by atoms with Gasteiger partial charge in [-0.1, -0.05) is 15.9 Å². The van der Waals surface area contributed by atoms with Gasteiger partial charge in [-0.2, -0.15) is 8.78 Å². The van der Waals surface area contributed by atoms with E-state index in [4.69, 9.17) is 10.5 Å². The van der Waals surface area contributed by atoms with E-state index in [1.807, 2.05) is 0 Å². The summed E-state index contributed by atoms with van der Waals surface area (Å²) in [4.78, 5) is 3.34. The molecule has 1 atom stereocenters. The molecule has 0 spiro atoms. The molecule has 1 aliphatic rings. The van der Waals surface area contributed by atoms with Gasteiger partial charge in [-0.3, -0.25) is 0 Å². The summed E-state index contributed by atoms with van der Waals surface area (Å²) in [6, 6.07) is 3.39. The van der Waals surface area contributed by atoms with E-state index in [9.17, 15) is 13.2 Å². The van der Waals surface area contributed by atoms with Crippen LogP contribution in [0.4, 0.5) is 13.2 Å². The number of hydrogen-bond donors (Lipinski definition) is 1. The van der Waals surface area contributed by atoms with Crippen LogP contribution >= 0.6 is 15.9 Å². The Morgan fingerprint density at radius 3 is 2.78 bits per heavy atom. The lowest BCUT2D eigenvalue weighted by atomic mass is 9.87. The highest BCUT2D eigenvalue weighted by Crippen LogP contribution is 2.44. The summed E-state index contributed by atoms with van der Waals surface area (Å²) in [5.74, 6) is -4.13. The van der Waals surface area contributed by atoms with Crippen molar-refractivity contribution in [3.63, 3.8) is 0 Å². The lowest BCUT2D eigenvalue weighted by Gasteiger charge is -2.39. The van der Waals surface area contributed by atoms with Gasteiger partial charge in [0.05, 0.1) is 0 Å². The minimum Gasteiger partial charge on any atom is -0.448 e. The molecule has 18 heavy (non-hydrogen) atoms. The number of hydrogen-bond acceptors (Lipinski definition) is 3. The van der Waals surface area contributed by atoms with E-state index in [0.717, 1.165) is 13.0 Å². The van der Waals surface area contributed by atoms with E-state index >= 15 is 0 Å². The number of aliphatic imine (C=N–C) groups is 1. The third-order valence-electron chi connectivity index (χ3n) is 2.88. The normalized spacial score (nSPS) is 26.4. The SMILES string of the molecule is C[C@]1(c2cc(Br)ccc2F)OC(N)=NCC1(F)F. The molecule has 0 radical (unpaired) electrons. The zero-order chi connectivity index (χ0) is 13.6. The van der Waals surface area contributed by atoms with Crippen LogP contribution in [0.2, 0.25) is 0 Å². The van der Waals surface area contributed by atoms with Gasteiger partial charge in [0.25, 0.3) is 6.02 Å². The average Bonchev–Trinajstić information content (AvgIpc) is 2.28. The first-order chi connectivity index (χ1) is 8.26. The van der Waals surface area contributed by atoms with Gasteiger partial charge < -0.3 is 10.5 Å². The third-order valence-corrected chi connectivity index (χ3v) is 3.38. The molecule has 1 aliphatic heterocycles. The van der Waals surface area contributed by atoms with Crippen LogP contribution in [-0.4, -0.2) is 18.5 Å². The summed E-state index contributed by atoms with van der Waals surface area (Å²) in [5.41, 5.74) is 2.88. The third kappa shape index (κ3) is 1.96. The summed E-state index contributed by atoms with van der Waals surface area (Å²) in [6.07, 6.45) is 0. The summed E-state index contributed by atoms with van der Waals surface area (Å²) in [5, 5.41) is 0. The van der Waals surface area contributed by atoms with E-state index < -0.39 is 23.9 Å². The largest absolute Gasteiger partial charge is 0.448 e. The monoisotopic (exact) mass is 322 g/mol. The average molecular weight is 323 g/mol. The van der Waals surface area contributed by atoms with Crippen molar-refractivity contribution in [3.05, 3.63) is 34.1 Å². The highest BCUT2D eigenvalue weighted by atomic mass is 79.9. The molecule has 0 amide bonds. The minimum atomic E-state index is -3.35. The maximum absolute atomic E-state index is 14.0. The van der Waals surface area contributed by atoms with Crippen LogP contribution in [0.25, 0.3) is 0 Å². The van der Waals surface area contributed by atoms with E-state index in [2.05, 4.69) is 20.9 Å². The predicted octanol–water partition coefficient (Wildman–Crippen LogP) is 2.78. The molecule has 1 aromatic carbocycles. The second kappa shape index (κ2) is 4.15. The Morgan fingerprint density at radius 1 is 1.44 bits per heavy atom. The second-order valence-electron chi connectivity index (χ2n) is 4.12. The van der Waals surface area contributed by atoms with Crippen molar-refractivity contribution in [2.75, 3.05) is 6.54 Å². The van der Waals surface area contributed by atoms with Crippen molar-refractivity contribution in [2.24, 2.45) is 10.7 Å². The Morgan fingerprint density at radius 2 is 2.11 bits per heavy atom. The van der Waals surface area contributed by atoms with Crippen LogP contribution < -0.4 is 5.73 Å². The van der Waals surface area contributed by atoms with Gasteiger partial charge >= 0.3 is 5.92 Å². The van der Waals surface area contributed by atoms with Crippen molar-refractivity contribution < 1.29 is 17.9 Å². The van der Waals surface area contributed by atoms with Gasteiger partial charge in [0.15, 0.2) is 0 Å². The smallest absolute Gasteiger partial charge is 0.310 e. The van der Waals surface area contributed by atoms with Crippen LogP contribution in [0, 0.1) is 5.82 Å². The first-order valence-corrected chi connectivity index (χ1v) is 5.88. The van der Waals surface area contributed by atoms with Crippen molar-refractivity contribution in [1.82, 2.24) is 0 Å². The quantitative estimate of drug-likeness (QED) is 0.864. The number of halogens is 4. The Hall–Kier alpha value is -1.24. The minimum absolute atomic E-state index is 0.264. The molecule has 98 valence electrons. The molecule has 2 rings (SSSR count). The topological polar surface area (TPSA) is 47.6 Å². The number of nitrogens with two attached hydrogens (primary N) is 1. The zero-order valence-electron chi connectivity index (χ0n) is 9.38. The molecule has 7 heteroatoms. The lowest BCUT2D eigenvalue weighted by Crippen LogP contribution is -2.53. The molecule has 0 saturated heterocycles. The first-order valence-electron chi connectivity index (χ1n) is 5.08. The van der Waals surface area contributed by atoms with E-state index in [0.29, 0.717) is 4.47 Å². The van der Waals surface area contributed by atoms with E-state index in [1.165, 1.54) is 12.1 Å². The van der Waals surface area contributed by atoms with Gasteiger partial charge in [0.2, 0.25) is 5.60 Å². The number of rotatable bonds is 1. The van der Waals surface area contributed by atoms with Crippen molar-refractivity contribution in [1.29, 1.82) is 0 Å². The van der Waals surface area contributed by atoms with Gasteiger partial charge in [0, 0.05) is 10.0 Å². The summed E-state index contributed by atoms with van der Waals surface area (Å²) in [7, 11) is 0. The maximum Gasteiger partial charge on any atom is 0.310 e. The van der Waals surface area contributed by atoms with Crippen LogP contribution in [0.1, 0.15) is 12.5 Å². The Balaban J connectivity index is 2.59. The highest BCUT2D eigenvalue weighted by Gasteiger charge is 2.57. The van der Waals surface area contributed by atoms with Gasteiger partial charge in [-0.15, -0.1) is 0 Å². The number of alkyl halides is 2. The van der Waals surface area contributed by atoms with E-state index in [-0.39, 0.29) is 11.6 Å². The summed E-state index contributed by atoms with van der Waals surface area (Å²) >= 11 is 3.11. The maximum atomic E-state index is 14.0. The van der Waals surface area contributed by atoms with Gasteiger partial charge in [0.1, 0.15) is 12.4 Å². The Labute approximate surface area is 110 Å². The predicted molar refractivity (Wildman–Crippen MR) is 64.0 cm³/mol. The van der Waals surface area contributed by atoms with Crippen molar-refractivity contribution in [2.45, 2.75) is 18.4 Å². The fourth-order valence-corrected chi connectivity index (χ4v) is 2.12. The Kier molecular flexibility index (Phi) is 3.04. The molecule has 0 aliphatic carbocycles. The summed E-state index contributed by atoms with van der Waals surface area (Å²) in [6.45, 7) is 0.265. The van der Waals surface area contributed by atoms with Crippen molar-refractivity contribution in [3.8, 4) is 0 Å². The standard InChI is InChI=1S/C11H10BrF3N2O/c1-10(7-4-6(12)2-3-8(7)13)11(14,15)5-17-9(16)18-10/h2-4H,5H2,1H3,(H2,16,17)/t10-/m1/s1. The summed E-state index contributed by atoms with van der Waals surface area (Å²) < 4.78 is 47.1.